The molecule has 2 fully saturated rings. The molecular formula is C34H49NO3. The van der Waals surface area contributed by atoms with Gasteiger partial charge in [-0.05, 0) is 96.3 Å². The molecule has 1 heterocycles. The monoisotopic (exact) mass is 519 g/mol. The van der Waals surface area contributed by atoms with E-state index in [0.29, 0.717) is 11.8 Å². The van der Waals surface area contributed by atoms with Gasteiger partial charge in [0.05, 0.1) is 18.6 Å². The number of rotatable bonds is 8. The number of hydrogen-bond donors (Lipinski definition) is 3. The Bertz CT molecular complexity index is 1110. The van der Waals surface area contributed by atoms with E-state index in [-0.39, 0.29) is 40.3 Å². The van der Waals surface area contributed by atoms with E-state index < -0.39 is 0 Å². The predicted octanol–water partition coefficient (Wildman–Crippen LogP) is 6.74. The second-order valence-electron chi connectivity index (χ2n) is 13.9. The van der Waals surface area contributed by atoms with E-state index in [1.165, 1.54) is 11.1 Å². The molecular weight excluding hydrogens is 470 g/mol. The molecule has 38 heavy (non-hydrogen) atoms. The Kier molecular flexibility index (Phi) is 7.47. The maximum absolute atomic E-state index is 11.0. The summed E-state index contributed by atoms with van der Waals surface area (Å²) in [7, 11) is 0. The summed E-state index contributed by atoms with van der Waals surface area (Å²) >= 11 is 0. The lowest BCUT2D eigenvalue weighted by Crippen LogP contribution is -2.60. The Morgan fingerprint density at radius 2 is 1.76 bits per heavy atom. The Morgan fingerprint density at radius 1 is 1.00 bits per heavy atom. The number of furan rings is 1. The topological polar surface area (TPSA) is 65.6 Å². The number of aliphatic hydroxyl groups excluding tert-OH is 2. The van der Waals surface area contributed by atoms with Gasteiger partial charge in [0.2, 0.25) is 0 Å². The first-order valence-corrected chi connectivity index (χ1v) is 14.8. The van der Waals surface area contributed by atoms with Gasteiger partial charge in [-0.3, -0.25) is 0 Å². The van der Waals surface area contributed by atoms with Gasteiger partial charge in [-0.15, -0.1) is 0 Å². The molecule has 0 spiro atoms. The van der Waals surface area contributed by atoms with Crippen LogP contribution in [0.5, 0.6) is 0 Å². The van der Waals surface area contributed by atoms with Crippen LogP contribution in [0.1, 0.15) is 83.8 Å². The standard InChI is InChI=1S/C34H49NO3/c1-31(2)29(21-36)33(4,18-14-30(31)37)28-13-17-32(3)26(25-16-20-38-22-25)11-12-27(32)34(28,5)23-35-19-15-24-9-7-6-8-10-24/h6-10,12,16,20,22,26,28-30,35-37H,11,13-15,17-19,21,23H2,1-5H3. The van der Waals surface area contributed by atoms with Crippen molar-refractivity contribution in [2.75, 3.05) is 19.7 Å². The number of nitrogens with one attached hydrogen (secondary N) is 1. The summed E-state index contributed by atoms with van der Waals surface area (Å²) < 4.78 is 5.53. The Hall–Kier alpha value is -1.88. The minimum atomic E-state index is -0.368. The molecule has 7 unspecified atom stereocenters. The van der Waals surface area contributed by atoms with Gasteiger partial charge in [-0.2, -0.15) is 0 Å². The highest BCUT2D eigenvalue weighted by molar-refractivity contribution is 5.39. The Balaban J connectivity index is 1.47. The highest BCUT2D eigenvalue weighted by Crippen LogP contribution is 2.69. The molecule has 3 aliphatic carbocycles. The van der Waals surface area contributed by atoms with Gasteiger partial charge in [-0.1, -0.05) is 76.6 Å². The molecule has 1 aromatic heterocycles. The van der Waals surface area contributed by atoms with Crippen LogP contribution in [0.4, 0.5) is 0 Å². The van der Waals surface area contributed by atoms with E-state index in [9.17, 15) is 10.2 Å². The molecule has 5 rings (SSSR count). The minimum absolute atomic E-state index is 0.0390. The third-order valence-electron chi connectivity index (χ3n) is 11.6. The summed E-state index contributed by atoms with van der Waals surface area (Å²) in [5, 5.41) is 25.6. The summed E-state index contributed by atoms with van der Waals surface area (Å²) in [5.74, 6) is 0.931. The van der Waals surface area contributed by atoms with Gasteiger partial charge in [0, 0.05) is 18.6 Å². The van der Waals surface area contributed by atoms with Crippen molar-refractivity contribution < 1.29 is 14.6 Å². The fourth-order valence-corrected chi connectivity index (χ4v) is 9.48. The number of allylic oxidation sites excluding steroid dienone is 1. The van der Waals surface area contributed by atoms with Crippen molar-refractivity contribution in [3.8, 4) is 0 Å². The molecule has 4 nitrogen and oxygen atoms in total. The first kappa shape index (κ1) is 27.7. The van der Waals surface area contributed by atoms with Crippen LogP contribution >= 0.6 is 0 Å². The molecule has 3 N–H and O–H groups in total. The zero-order valence-electron chi connectivity index (χ0n) is 24.2. The normalized spacial score (nSPS) is 38.6. The maximum Gasteiger partial charge on any atom is 0.0937 e. The molecule has 0 saturated heterocycles. The van der Waals surface area contributed by atoms with Crippen LogP contribution in [0, 0.1) is 33.5 Å². The highest BCUT2D eigenvalue weighted by Gasteiger charge is 2.62. The van der Waals surface area contributed by atoms with Crippen molar-refractivity contribution in [2.45, 2.75) is 85.2 Å². The zero-order chi connectivity index (χ0) is 27.2. The number of fused-ring (bicyclic) bond motifs is 1. The van der Waals surface area contributed by atoms with Gasteiger partial charge in [0.15, 0.2) is 0 Å². The van der Waals surface area contributed by atoms with E-state index in [1.54, 1.807) is 5.57 Å². The van der Waals surface area contributed by atoms with Crippen molar-refractivity contribution in [1.29, 1.82) is 0 Å². The van der Waals surface area contributed by atoms with Crippen molar-refractivity contribution in [3.05, 3.63) is 71.7 Å². The van der Waals surface area contributed by atoms with Gasteiger partial charge < -0.3 is 19.9 Å². The third kappa shape index (κ3) is 4.41. The van der Waals surface area contributed by atoms with Gasteiger partial charge in [0.1, 0.15) is 0 Å². The number of aliphatic hydroxyl groups is 2. The third-order valence-corrected chi connectivity index (χ3v) is 11.6. The Labute approximate surface area is 229 Å². The largest absolute Gasteiger partial charge is 0.472 e. The van der Waals surface area contributed by atoms with Crippen LogP contribution in [0.3, 0.4) is 0 Å². The maximum atomic E-state index is 11.0. The Morgan fingerprint density at radius 3 is 2.45 bits per heavy atom. The van der Waals surface area contributed by atoms with Crippen LogP contribution in [-0.2, 0) is 6.42 Å². The summed E-state index contributed by atoms with van der Waals surface area (Å²) in [4.78, 5) is 0. The molecule has 2 aromatic rings. The van der Waals surface area contributed by atoms with E-state index in [2.05, 4.69) is 82.4 Å². The quantitative estimate of drug-likeness (QED) is 0.267. The van der Waals surface area contributed by atoms with Gasteiger partial charge in [-0.25, -0.2) is 0 Å². The van der Waals surface area contributed by atoms with Crippen LogP contribution in [0.15, 0.2) is 65.0 Å². The van der Waals surface area contributed by atoms with Crippen molar-refractivity contribution >= 4 is 0 Å². The number of benzene rings is 1. The lowest BCUT2D eigenvalue weighted by molar-refractivity contribution is -0.157. The molecule has 0 bridgehead atoms. The van der Waals surface area contributed by atoms with E-state index in [0.717, 1.165) is 51.6 Å². The first-order valence-electron chi connectivity index (χ1n) is 14.8. The average Bonchev–Trinajstić information content (AvgIpc) is 3.53. The van der Waals surface area contributed by atoms with Crippen molar-refractivity contribution in [2.24, 2.45) is 33.5 Å². The molecule has 0 amide bonds. The van der Waals surface area contributed by atoms with Gasteiger partial charge in [0.25, 0.3) is 0 Å². The minimum Gasteiger partial charge on any atom is -0.472 e. The van der Waals surface area contributed by atoms with Crippen LogP contribution in [0.2, 0.25) is 0 Å². The van der Waals surface area contributed by atoms with E-state index in [4.69, 9.17) is 4.42 Å². The lowest BCUT2D eigenvalue weighted by atomic mass is 9.42. The zero-order valence-corrected chi connectivity index (χ0v) is 24.2. The SMILES string of the molecule is CC12CCC(C3(C)CCC(O)C(C)(C)C3CO)C(C)(CNCCc3ccccc3)C1=CCC2c1ccoc1. The summed E-state index contributed by atoms with van der Waals surface area (Å²) in [5.41, 5.74) is 3.98. The fraction of sp³-hybridized carbons (Fsp3) is 0.647. The first-order chi connectivity index (χ1) is 18.1. The van der Waals surface area contributed by atoms with Crippen LogP contribution < -0.4 is 5.32 Å². The van der Waals surface area contributed by atoms with Crippen LogP contribution in [-0.4, -0.2) is 36.0 Å². The lowest BCUT2D eigenvalue weighted by Gasteiger charge is -2.63. The molecule has 2 saturated carbocycles. The predicted molar refractivity (Wildman–Crippen MR) is 154 cm³/mol. The smallest absolute Gasteiger partial charge is 0.0937 e. The molecule has 7 atom stereocenters. The molecule has 0 radical (unpaired) electrons. The average molecular weight is 520 g/mol. The second kappa shape index (κ2) is 10.3. The van der Waals surface area contributed by atoms with Crippen molar-refractivity contribution in [3.63, 3.8) is 0 Å². The summed E-state index contributed by atoms with van der Waals surface area (Å²) in [6, 6.07) is 12.9. The summed E-state index contributed by atoms with van der Waals surface area (Å²) in [6.07, 6.45) is 12.1. The fourth-order valence-electron chi connectivity index (χ4n) is 9.48. The molecule has 4 heteroatoms. The second-order valence-corrected chi connectivity index (χ2v) is 13.9. The molecule has 3 aliphatic rings. The van der Waals surface area contributed by atoms with Gasteiger partial charge >= 0.3 is 0 Å². The molecule has 208 valence electrons. The summed E-state index contributed by atoms with van der Waals surface area (Å²) in [6.45, 7) is 13.8. The van der Waals surface area contributed by atoms with Crippen LogP contribution in [0.25, 0.3) is 0 Å². The molecule has 0 aliphatic heterocycles. The highest BCUT2D eigenvalue weighted by atomic mass is 16.3. The van der Waals surface area contributed by atoms with E-state index in [1.807, 2.05) is 12.5 Å². The van der Waals surface area contributed by atoms with E-state index >= 15 is 0 Å². The number of hydrogen-bond acceptors (Lipinski definition) is 4. The van der Waals surface area contributed by atoms with Crippen molar-refractivity contribution in [1.82, 2.24) is 5.32 Å². The molecule has 1 aromatic carbocycles.